The van der Waals surface area contributed by atoms with Crippen molar-refractivity contribution in [1.29, 1.82) is 0 Å². The lowest BCUT2D eigenvalue weighted by atomic mass is 9.98. The molecule has 1 rings (SSSR count). The minimum absolute atomic E-state index is 0.00465. The molecule has 0 spiro atoms. The largest absolute Gasteiger partial charge is 0.457 e. The van der Waals surface area contributed by atoms with Crippen molar-refractivity contribution in [3.63, 3.8) is 0 Å². The first kappa shape index (κ1) is 16.8. The molecule has 114 valence electrons. The van der Waals surface area contributed by atoms with E-state index in [0.717, 1.165) is 11.3 Å². The maximum atomic E-state index is 11.9. The highest BCUT2D eigenvalue weighted by molar-refractivity contribution is 7.13. The molecule has 0 saturated heterocycles. The van der Waals surface area contributed by atoms with E-state index in [1.165, 1.54) is 11.5 Å². The molecule has 2 N–H and O–H groups in total. The number of anilines is 1. The highest BCUT2D eigenvalue weighted by Crippen LogP contribution is 2.17. The fraction of sp³-hybridized carbons (Fsp3) is 0.385. The van der Waals surface area contributed by atoms with Crippen LogP contribution in [0.3, 0.4) is 0 Å². The standard InChI is InChI=1S/C13H17N3O4S/c1-5-6-19-10(17)9(8-7-21-12(14)15-8)16-20-11(18)13(2,3)4/h5,7H,1,6H2,2-4H3,(H2,14,15). The van der Waals surface area contributed by atoms with Gasteiger partial charge in [-0.15, -0.1) is 11.3 Å². The quantitative estimate of drug-likeness (QED) is 0.292. The van der Waals surface area contributed by atoms with Gasteiger partial charge in [0.25, 0.3) is 0 Å². The van der Waals surface area contributed by atoms with Crippen molar-refractivity contribution in [3.8, 4) is 0 Å². The average Bonchev–Trinajstić information content (AvgIpc) is 2.81. The van der Waals surface area contributed by atoms with Gasteiger partial charge in [-0.1, -0.05) is 17.8 Å². The Balaban J connectivity index is 2.99. The van der Waals surface area contributed by atoms with Crippen LogP contribution in [0.4, 0.5) is 5.13 Å². The lowest BCUT2D eigenvalue weighted by Crippen LogP contribution is -2.24. The summed E-state index contributed by atoms with van der Waals surface area (Å²) in [4.78, 5) is 32.3. The van der Waals surface area contributed by atoms with Gasteiger partial charge in [0.2, 0.25) is 5.71 Å². The molecule has 0 unspecified atom stereocenters. The van der Waals surface area contributed by atoms with Gasteiger partial charge in [-0.2, -0.15) is 0 Å². The number of aromatic nitrogens is 1. The normalized spacial score (nSPS) is 11.9. The van der Waals surface area contributed by atoms with E-state index in [9.17, 15) is 9.59 Å². The zero-order chi connectivity index (χ0) is 16.0. The van der Waals surface area contributed by atoms with Crippen LogP contribution in [0.25, 0.3) is 0 Å². The molecule has 0 amide bonds. The average molecular weight is 311 g/mol. The molecule has 0 aliphatic heterocycles. The molecule has 0 radical (unpaired) electrons. The predicted molar refractivity (Wildman–Crippen MR) is 79.8 cm³/mol. The number of nitrogen functional groups attached to an aromatic ring is 1. The predicted octanol–water partition coefficient (Wildman–Crippen LogP) is 1.75. The second kappa shape index (κ2) is 6.98. The van der Waals surface area contributed by atoms with Gasteiger partial charge < -0.3 is 15.3 Å². The highest BCUT2D eigenvalue weighted by Gasteiger charge is 2.26. The van der Waals surface area contributed by atoms with Crippen LogP contribution in [0.5, 0.6) is 0 Å². The van der Waals surface area contributed by atoms with E-state index >= 15 is 0 Å². The van der Waals surface area contributed by atoms with Crippen LogP contribution in [-0.2, 0) is 19.2 Å². The molecule has 21 heavy (non-hydrogen) atoms. The van der Waals surface area contributed by atoms with Crippen LogP contribution in [0, 0.1) is 5.41 Å². The first-order valence-electron chi connectivity index (χ1n) is 6.04. The van der Waals surface area contributed by atoms with Crippen molar-refractivity contribution in [3.05, 3.63) is 23.7 Å². The van der Waals surface area contributed by atoms with Crippen molar-refractivity contribution in [2.75, 3.05) is 12.3 Å². The number of hydrogen-bond acceptors (Lipinski definition) is 8. The Kier molecular flexibility index (Phi) is 5.60. The van der Waals surface area contributed by atoms with Gasteiger partial charge >= 0.3 is 11.9 Å². The lowest BCUT2D eigenvalue weighted by molar-refractivity contribution is -0.153. The smallest absolute Gasteiger partial charge is 0.363 e. The molecule has 8 heteroatoms. The Morgan fingerprint density at radius 3 is 2.67 bits per heavy atom. The Labute approximate surface area is 126 Å². The summed E-state index contributed by atoms with van der Waals surface area (Å²) < 4.78 is 4.88. The number of ether oxygens (including phenoxy) is 1. The van der Waals surface area contributed by atoms with E-state index in [4.69, 9.17) is 15.3 Å². The van der Waals surface area contributed by atoms with Crippen molar-refractivity contribution >= 4 is 34.1 Å². The number of esters is 1. The molecular weight excluding hydrogens is 294 g/mol. The fourth-order valence-electron chi connectivity index (χ4n) is 1.01. The zero-order valence-corrected chi connectivity index (χ0v) is 12.9. The third-order valence-electron chi connectivity index (χ3n) is 2.12. The van der Waals surface area contributed by atoms with E-state index in [0.29, 0.717) is 0 Å². The van der Waals surface area contributed by atoms with Crippen molar-refractivity contribution in [1.82, 2.24) is 4.98 Å². The topological polar surface area (TPSA) is 104 Å². The van der Waals surface area contributed by atoms with Crippen LogP contribution in [0.2, 0.25) is 0 Å². The number of carbonyl (C=O) groups is 2. The van der Waals surface area contributed by atoms with E-state index in [-0.39, 0.29) is 23.1 Å². The maximum Gasteiger partial charge on any atom is 0.363 e. The monoisotopic (exact) mass is 311 g/mol. The molecule has 1 aromatic heterocycles. The van der Waals surface area contributed by atoms with Crippen LogP contribution in [-0.4, -0.2) is 29.2 Å². The third kappa shape index (κ3) is 4.99. The summed E-state index contributed by atoms with van der Waals surface area (Å²) in [6.45, 7) is 8.45. The Hall–Kier alpha value is -2.22. The Bertz CT molecular complexity index is 572. The van der Waals surface area contributed by atoms with Gasteiger partial charge in [0.1, 0.15) is 12.3 Å². The second-order valence-electron chi connectivity index (χ2n) is 5.03. The molecule has 0 fully saturated rings. The number of nitrogens with zero attached hydrogens (tertiary/aromatic N) is 2. The van der Waals surface area contributed by atoms with E-state index in [2.05, 4.69) is 16.7 Å². The second-order valence-corrected chi connectivity index (χ2v) is 5.92. The number of carbonyl (C=O) groups excluding carboxylic acids is 2. The fourth-order valence-corrected chi connectivity index (χ4v) is 1.56. The molecule has 1 aromatic rings. The molecule has 0 aliphatic carbocycles. The third-order valence-corrected chi connectivity index (χ3v) is 2.80. The van der Waals surface area contributed by atoms with Crippen LogP contribution in [0.15, 0.2) is 23.2 Å². The molecule has 7 nitrogen and oxygen atoms in total. The summed E-state index contributed by atoms with van der Waals surface area (Å²) in [6.07, 6.45) is 1.41. The minimum atomic E-state index is -0.776. The van der Waals surface area contributed by atoms with Crippen molar-refractivity contribution in [2.24, 2.45) is 10.6 Å². The SMILES string of the molecule is C=CCOC(=O)C(=NOC(=O)C(C)(C)C)c1csc(N)n1. The van der Waals surface area contributed by atoms with Crippen molar-refractivity contribution in [2.45, 2.75) is 20.8 Å². The van der Waals surface area contributed by atoms with E-state index in [1.54, 1.807) is 20.8 Å². The summed E-state index contributed by atoms with van der Waals surface area (Å²) in [5.41, 5.74) is 4.74. The van der Waals surface area contributed by atoms with E-state index in [1.807, 2.05) is 0 Å². The Morgan fingerprint density at radius 2 is 2.19 bits per heavy atom. The summed E-state index contributed by atoms with van der Waals surface area (Å²) >= 11 is 1.13. The highest BCUT2D eigenvalue weighted by atomic mass is 32.1. The minimum Gasteiger partial charge on any atom is -0.457 e. The Morgan fingerprint density at radius 1 is 1.52 bits per heavy atom. The summed E-state index contributed by atoms with van der Waals surface area (Å²) in [6, 6.07) is 0. The number of nitrogens with two attached hydrogens (primary N) is 1. The first-order chi connectivity index (χ1) is 9.75. The van der Waals surface area contributed by atoms with Crippen molar-refractivity contribution < 1.29 is 19.2 Å². The van der Waals surface area contributed by atoms with E-state index < -0.39 is 17.4 Å². The van der Waals surface area contributed by atoms with Gasteiger partial charge in [-0.05, 0) is 20.8 Å². The zero-order valence-electron chi connectivity index (χ0n) is 12.1. The lowest BCUT2D eigenvalue weighted by Gasteiger charge is -2.13. The number of thiazole rings is 1. The molecule has 0 aliphatic rings. The van der Waals surface area contributed by atoms with Gasteiger partial charge in [0.15, 0.2) is 5.13 Å². The van der Waals surface area contributed by atoms with Crippen LogP contribution >= 0.6 is 11.3 Å². The molecule has 0 bridgehead atoms. The molecule has 1 heterocycles. The van der Waals surface area contributed by atoms with Crippen LogP contribution < -0.4 is 5.73 Å². The van der Waals surface area contributed by atoms with Gasteiger partial charge in [0.05, 0.1) is 5.41 Å². The van der Waals surface area contributed by atoms with Gasteiger partial charge in [0, 0.05) is 5.38 Å². The maximum absolute atomic E-state index is 11.9. The van der Waals surface area contributed by atoms with Gasteiger partial charge in [-0.25, -0.2) is 14.6 Å². The number of rotatable bonds is 5. The molecule has 0 atom stereocenters. The molecular formula is C13H17N3O4S. The summed E-state index contributed by atoms with van der Waals surface area (Å²) in [7, 11) is 0. The number of hydrogen-bond donors (Lipinski definition) is 1. The summed E-state index contributed by atoms with van der Waals surface area (Å²) in [5.74, 6) is -1.36. The number of oxime groups is 1. The van der Waals surface area contributed by atoms with Gasteiger partial charge in [-0.3, -0.25) is 0 Å². The van der Waals surface area contributed by atoms with Crippen LogP contribution in [0.1, 0.15) is 26.5 Å². The molecule has 0 saturated carbocycles. The molecule has 0 aromatic carbocycles. The summed E-state index contributed by atoms with van der Waals surface area (Å²) in [5, 5.41) is 5.36. The first-order valence-corrected chi connectivity index (χ1v) is 6.92.